The maximum atomic E-state index is 15.4. The van der Waals surface area contributed by atoms with Gasteiger partial charge in [0, 0.05) is 31.0 Å². The van der Waals surface area contributed by atoms with Crippen molar-refractivity contribution in [1.29, 1.82) is 0 Å². The average Bonchev–Trinajstić information content (AvgIpc) is 3.19. The summed E-state index contributed by atoms with van der Waals surface area (Å²) >= 11 is 0. The number of carbonyl (C=O) groups is 3. The summed E-state index contributed by atoms with van der Waals surface area (Å²) in [4.78, 5) is 57.5. The number of rotatable bonds is 16. The van der Waals surface area contributed by atoms with Gasteiger partial charge in [-0.25, -0.2) is 4.79 Å². The lowest BCUT2D eigenvalue weighted by molar-refractivity contribution is -0.384. The molecule has 1 aliphatic heterocycles. The summed E-state index contributed by atoms with van der Waals surface area (Å²) in [5, 5.41) is 13.8. The number of hydrogen-bond donors (Lipinski definition) is 0. The Morgan fingerprint density at radius 1 is 0.746 bits per heavy atom. The number of benzene rings is 5. The first kappa shape index (κ1) is 43.2. The molecular weight excluding hydrogens is 796 g/mol. The van der Waals surface area contributed by atoms with Crippen molar-refractivity contribution in [2.75, 3.05) is 0 Å². The van der Waals surface area contributed by atoms with Gasteiger partial charge < -0.3 is 18.5 Å². The zero-order valence-corrected chi connectivity index (χ0v) is 37.4. The minimum atomic E-state index is -3.30. The lowest BCUT2D eigenvalue weighted by Crippen LogP contribution is -2.69. The summed E-state index contributed by atoms with van der Waals surface area (Å²) in [7, 11) is -4.18. The second kappa shape index (κ2) is 17.8. The van der Waals surface area contributed by atoms with Gasteiger partial charge in [-0.05, 0) is 91.9 Å². The van der Waals surface area contributed by atoms with Gasteiger partial charge in [0.2, 0.25) is 14.2 Å². The molecule has 1 saturated heterocycles. The van der Waals surface area contributed by atoms with Gasteiger partial charge in [0.25, 0.3) is 5.69 Å². The Labute approximate surface area is 348 Å². The molecule has 0 bridgehead atoms. The van der Waals surface area contributed by atoms with Crippen molar-refractivity contribution in [2.45, 2.75) is 71.4 Å². The fourth-order valence-corrected chi connectivity index (χ4v) is 14.2. The SMILES string of the molecule is C[C@@H](O[Si](C)(C)C)[C@H]1C(=O)N(C(C(=O)OCc2ccc([N+](=O)[O-])cc2)=P(c2ccccc2)(c2ccccc2)c2ccccc2)[C@@H]1CC(=O)c1cccc(O[Si](C)(C)C)c1. The second-order valence-electron chi connectivity index (χ2n) is 16.6. The number of Topliss-reactive ketones (excluding diaryl/α,β-unsaturated/α-hetero) is 1. The van der Waals surface area contributed by atoms with Crippen LogP contribution in [0.15, 0.2) is 140 Å². The maximum absolute atomic E-state index is 15.4. The van der Waals surface area contributed by atoms with Crippen LogP contribution in [0.5, 0.6) is 5.75 Å². The van der Waals surface area contributed by atoms with Gasteiger partial charge in [0.05, 0.1) is 23.0 Å². The summed E-state index contributed by atoms with van der Waals surface area (Å²) < 4.78 is 19.0. The highest BCUT2D eigenvalue weighted by Crippen LogP contribution is 2.50. The van der Waals surface area contributed by atoms with Gasteiger partial charge in [-0.2, -0.15) is 0 Å². The molecular formula is C46H51N2O8PSi2. The highest BCUT2D eigenvalue weighted by molar-refractivity contribution is 7.96. The molecule has 3 atom stereocenters. The van der Waals surface area contributed by atoms with Gasteiger partial charge in [0.15, 0.2) is 14.1 Å². The van der Waals surface area contributed by atoms with Gasteiger partial charge in [0.1, 0.15) is 17.8 Å². The smallest absolute Gasteiger partial charge is 0.356 e. The van der Waals surface area contributed by atoms with E-state index in [0.717, 1.165) is 15.9 Å². The molecule has 1 heterocycles. The molecule has 0 saturated carbocycles. The van der Waals surface area contributed by atoms with E-state index in [4.69, 9.17) is 13.6 Å². The number of nitrogens with zero attached hydrogens (tertiary/aromatic N) is 2. The fraction of sp³-hybridized carbons (Fsp3) is 0.261. The molecule has 0 aromatic heterocycles. The predicted octanol–water partition coefficient (Wildman–Crippen LogP) is 8.32. The van der Waals surface area contributed by atoms with Crippen LogP contribution in [0.25, 0.3) is 0 Å². The number of β-lactam (4-membered cyclic amide) rings is 1. The molecule has 0 aliphatic carbocycles. The number of hydrogen-bond acceptors (Lipinski definition) is 8. The minimum Gasteiger partial charge on any atom is -0.544 e. The molecule has 1 fully saturated rings. The summed E-state index contributed by atoms with van der Waals surface area (Å²) in [6.45, 7) is 10.7. The summed E-state index contributed by atoms with van der Waals surface area (Å²) in [5.41, 5.74) is 1.02. The fourth-order valence-electron chi connectivity index (χ4n) is 7.68. The van der Waals surface area contributed by atoms with Crippen molar-refractivity contribution in [3.63, 3.8) is 0 Å². The van der Waals surface area contributed by atoms with Gasteiger partial charge in [-0.15, -0.1) is 0 Å². The van der Waals surface area contributed by atoms with Gasteiger partial charge >= 0.3 is 5.97 Å². The third kappa shape index (κ3) is 9.74. The normalized spacial score (nSPS) is 16.1. The molecule has 6 rings (SSSR count). The van der Waals surface area contributed by atoms with E-state index >= 15 is 9.59 Å². The van der Waals surface area contributed by atoms with Crippen LogP contribution in [-0.4, -0.2) is 61.7 Å². The monoisotopic (exact) mass is 846 g/mol. The van der Waals surface area contributed by atoms with Crippen LogP contribution in [0.3, 0.4) is 0 Å². The molecule has 5 aromatic rings. The summed E-state index contributed by atoms with van der Waals surface area (Å²) in [5.74, 6) is -1.41. The van der Waals surface area contributed by atoms with Crippen molar-refractivity contribution in [3.8, 4) is 5.75 Å². The first-order valence-corrected chi connectivity index (χ1v) is 28.3. The standard InChI is InChI=1S/C46H51N2O8PSi2/c1-33(55-58(2,3)4)43-41(31-42(49)35-18-17-19-37(30-35)56-59(5,6)7)47(44(43)50)45(46(51)54-32-34-26-28-36(29-27-34)48(52)53)57(38-20-11-8-12-21-38,39-22-13-9-14-23-39)40-24-15-10-16-25-40/h8-30,33,41,43H,31-32H2,1-7H3/t33-,41-,43-/m1/s1. The van der Waals surface area contributed by atoms with Crippen molar-refractivity contribution >= 4 is 68.2 Å². The van der Waals surface area contributed by atoms with Crippen LogP contribution in [0.2, 0.25) is 39.3 Å². The minimum absolute atomic E-state index is 0.0912. The molecule has 0 spiro atoms. The van der Waals surface area contributed by atoms with Gasteiger partial charge in [-0.3, -0.25) is 19.7 Å². The van der Waals surface area contributed by atoms with Gasteiger partial charge in [-0.1, -0.05) is 103 Å². The number of carbonyl (C=O) groups excluding carboxylic acids is 3. The summed E-state index contributed by atoms with van der Waals surface area (Å²) in [6.07, 6.45) is -0.649. The van der Waals surface area contributed by atoms with Crippen LogP contribution < -0.4 is 20.3 Å². The molecule has 59 heavy (non-hydrogen) atoms. The third-order valence-electron chi connectivity index (χ3n) is 9.96. The van der Waals surface area contributed by atoms with E-state index < -0.39 is 52.5 Å². The largest absolute Gasteiger partial charge is 0.544 e. The Balaban J connectivity index is 1.60. The van der Waals surface area contributed by atoms with Crippen LogP contribution in [0.1, 0.15) is 29.3 Å². The van der Waals surface area contributed by atoms with Crippen LogP contribution in [-0.2, 0) is 25.4 Å². The third-order valence-corrected chi connectivity index (χ3v) is 16.1. The van der Waals surface area contributed by atoms with Crippen LogP contribution >= 0.6 is 6.89 Å². The average molecular weight is 847 g/mol. The Hall–Kier alpha value is -5.40. The number of ketones is 1. The van der Waals surface area contributed by atoms with E-state index in [2.05, 4.69) is 39.3 Å². The Bertz CT molecular complexity index is 2260. The molecule has 0 radical (unpaired) electrons. The highest BCUT2D eigenvalue weighted by atomic mass is 31.2. The van der Waals surface area contributed by atoms with Crippen LogP contribution in [0.4, 0.5) is 5.69 Å². The van der Waals surface area contributed by atoms with Crippen molar-refractivity contribution in [3.05, 3.63) is 161 Å². The molecule has 5 aromatic carbocycles. The zero-order chi connectivity index (χ0) is 42.5. The number of nitro groups is 1. The second-order valence-corrected chi connectivity index (χ2v) is 28.8. The van der Waals surface area contributed by atoms with Crippen molar-refractivity contribution in [2.24, 2.45) is 5.92 Å². The van der Waals surface area contributed by atoms with Crippen molar-refractivity contribution in [1.82, 2.24) is 4.90 Å². The number of ether oxygens (including phenoxy) is 1. The highest BCUT2D eigenvalue weighted by Gasteiger charge is 2.56. The molecule has 0 N–H and O–H groups in total. The number of amides is 1. The molecule has 1 amide bonds. The van der Waals surface area contributed by atoms with E-state index in [0.29, 0.717) is 16.9 Å². The molecule has 0 unspecified atom stereocenters. The first-order chi connectivity index (χ1) is 28.0. The molecule has 10 nitrogen and oxygen atoms in total. The summed E-state index contributed by atoms with van der Waals surface area (Å²) in [6, 6.07) is 41.2. The maximum Gasteiger partial charge on any atom is 0.356 e. The van der Waals surface area contributed by atoms with E-state index in [-0.39, 0.29) is 35.8 Å². The van der Waals surface area contributed by atoms with Crippen molar-refractivity contribution < 1.29 is 32.9 Å². The molecule has 1 aliphatic rings. The van der Waals surface area contributed by atoms with E-state index in [1.54, 1.807) is 30.3 Å². The number of likely N-dealkylation sites (tertiary alicyclic amines) is 1. The molecule has 13 heteroatoms. The Kier molecular flexibility index (Phi) is 13.1. The Morgan fingerprint density at radius 3 is 1.75 bits per heavy atom. The topological polar surface area (TPSA) is 125 Å². The number of esters is 1. The predicted molar refractivity (Wildman–Crippen MR) is 240 cm³/mol. The van der Waals surface area contributed by atoms with Crippen LogP contribution in [0, 0.1) is 16.0 Å². The number of nitro benzene ring substituents is 1. The quantitative estimate of drug-likeness (QED) is 0.0185. The Morgan fingerprint density at radius 2 is 1.27 bits per heavy atom. The molecule has 306 valence electrons. The lowest BCUT2D eigenvalue weighted by atomic mass is 9.79. The first-order valence-electron chi connectivity index (χ1n) is 19.7. The number of non-ortho nitro benzene ring substituents is 1. The lowest BCUT2D eigenvalue weighted by Gasteiger charge is -2.52. The van der Waals surface area contributed by atoms with E-state index in [1.165, 1.54) is 17.0 Å². The van der Waals surface area contributed by atoms with E-state index in [9.17, 15) is 14.9 Å². The van der Waals surface area contributed by atoms with E-state index in [1.807, 2.05) is 104 Å². The zero-order valence-electron chi connectivity index (χ0n) is 34.5.